The molecule has 1 unspecified atom stereocenters. The van der Waals surface area contributed by atoms with E-state index in [4.69, 9.17) is 19.4 Å². The molecular formula is C36H37FN4O5S. The van der Waals surface area contributed by atoms with E-state index < -0.39 is 12.1 Å². The number of ether oxygens (including phenoxy) is 2. The second kappa shape index (κ2) is 14.0. The third-order valence-electron chi connectivity index (χ3n) is 8.44. The third-order valence-corrected chi connectivity index (χ3v) is 9.63. The molecule has 0 spiro atoms. The van der Waals surface area contributed by atoms with Gasteiger partial charge in [0.05, 0.1) is 33.8 Å². The molecule has 2 aromatic heterocycles. The molecule has 3 aromatic carbocycles. The molecule has 1 saturated carbocycles. The Balaban J connectivity index is 1.26. The lowest BCUT2D eigenvalue weighted by molar-refractivity contribution is -0.133. The van der Waals surface area contributed by atoms with E-state index in [9.17, 15) is 19.1 Å². The van der Waals surface area contributed by atoms with Crippen molar-refractivity contribution in [3.8, 4) is 28.4 Å². The van der Waals surface area contributed by atoms with Gasteiger partial charge < -0.3 is 24.0 Å². The maximum atomic E-state index is 13.7. The van der Waals surface area contributed by atoms with Gasteiger partial charge in [-0.3, -0.25) is 4.79 Å². The molecule has 5 aromatic rings. The van der Waals surface area contributed by atoms with Crippen molar-refractivity contribution < 1.29 is 28.6 Å². The van der Waals surface area contributed by atoms with Crippen molar-refractivity contribution in [2.75, 3.05) is 20.7 Å². The van der Waals surface area contributed by atoms with Crippen molar-refractivity contribution in [2.24, 2.45) is 0 Å². The summed E-state index contributed by atoms with van der Waals surface area (Å²) in [4.78, 5) is 35.7. The van der Waals surface area contributed by atoms with E-state index in [0.717, 1.165) is 53.0 Å². The summed E-state index contributed by atoms with van der Waals surface area (Å²) in [5, 5.41) is 10.2. The number of hydrogen-bond acceptors (Lipinski definition) is 7. The van der Waals surface area contributed by atoms with E-state index in [1.807, 2.05) is 37.3 Å². The van der Waals surface area contributed by atoms with Gasteiger partial charge in [0.1, 0.15) is 35.1 Å². The summed E-state index contributed by atoms with van der Waals surface area (Å²) < 4.78 is 28.1. The molecule has 0 radical (unpaired) electrons. The van der Waals surface area contributed by atoms with Crippen LogP contribution in [0.25, 0.3) is 33.7 Å². The number of aromatic carboxylic acids is 1. The van der Waals surface area contributed by atoms with Crippen LogP contribution >= 0.6 is 11.3 Å². The van der Waals surface area contributed by atoms with Crippen LogP contribution in [-0.4, -0.2) is 57.1 Å². The minimum absolute atomic E-state index is 0.0541. The average Bonchev–Trinajstić information content (AvgIpc) is 3.67. The van der Waals surface area contributed by atoms with Gasteiger partial charge in [-0.15, -0.1) is 11.3 Å². The predicted molar refractivity (Wildman–Crippen MR) is 179 cm³/mol. The molecule has 1 amide bonds. The summed E-state index contributed by atoms with van der Waals surface area (Å²) in [6, 6.07) is 19.4. The fourth-order valence-electron chi connectivity index (χ4n) is 5.97. The lowest BCUT2D eigenvalue weighted by atomic mass is 9.95. The highest BCUT2D eigenvalue weighted by atomic mass is 32.1. The highest BCUT2D eigenvalue weighted by Gasteiger charge is 2.24. The van der Waals surface area contributed by atoms with Gasteiger partial charge in [0.25, 0.3) is 0 Å². The number of halogens is 1. The molecule has 0 saturated heterocycles. The largest absolute Gasteiger partial charge is 0.485 e. The number of carbonyl (C=O) groups excluding carboxylic acids is 1. The summed E-state index contributed by atoms with van der Waals surface area (Å²) >= 11 is 1.43. The smallest absolute Gasteiger partial charge is 0.335 e. The Morgan fingerprint density at radius 3 is 2.38 bits per heavy atom. The van der Waals surface area contributed by atoms with Crippen LogP contribution in [0.2, 0.25) is 0 Å². The second-order valence-corrected chi connectivity index (χ2v) is 13.1. The van der Waals surface area contributed by atoms with E-state index in [-0.39, 0.29) is 30.5 Å². The topological polar surface area (TPSA) is 107 Å². The Morgan fingerprint density at radius 2 is 1.70 bits per heavy atom. The van der Waals surface area contributed by atoms with Crippen molar-refractivity contribution in [3.05, 3.63) is 88.0 Å². The first-order valence-corrected chi connectivity index (χ1v) is 16.6. The average molecular weight is 657 g/mol. The number of carboxylic acids is 1. The summed E-state index contributed by atoms with van der Waals surface area (Å²) in [6.07, 6.45) is 5.25. The minimum Gasteiger partial charge on any atom is -0.485 e. The standard InChI is InChI=1S/C36H37FN4O5S/c1-22(34-33(23-9-14-26(37)15-10-23)39-31(47-34)20-45-21-32(42)40(2)3)46-28-16-11-24(12-17-28)35-38-29-19-25(36(43)44)13-18-30(29)41(35)27-7-5-4-6-8-27/h9-19,22,27H,4-8,20-21H2,1-3H3,(H,43,44). The van der Waals surface area contributed by atoms with Crippen molar-refractivity contribution >= 4 is 34.2 Å². The molecule has 9 nitrogen and oxygen atoms in total. The van der Waals surface area contributed by atoms with Gasteiger partial charge in [-0.05, 0) is 86.5 Å². The molecule has 0 aliphatic heterocycles. The summed E-state index contributed by atoms with van der Waals surface area (Å²) in [7, 11) is 3.35. The molecule has 11 heteroatoms. The number of imidazole rings is 1. The maximum Gasteiger partial charge on any atom is 0.335 e. The number of carboxylic acid groups (broad SMARTS) is 1. The van der Waals surface area contributed by atoms with Gasteiger partial charge in [0, 0.05) is 31.3 Å². The molecule has 1 fully saturated rings. The lowest BCUT2D eigenvalue weighted by Crippen LogP contribution is -2.26. The molecule has 244 valence electrons. The van der Waals surface area contributed by atoms with Crippen LogP contribution in [0.5, 0.6) is 5.75 Å². The quantitative estimate of drug-likeness (QED) is 0.154. The Morgan fingerprint density at radius 1 is 1.00 bits per heavy atom. The highest BCUT2D eigenvalue weighted by Crippen LogP contribution is 2.38. The first-order chi connectivity index (χ1) is 22.7. The minimum atomic E-state index is -0.973. The van der Waals surface area contributed by atoms with E-state index in [0.29, 0.717) is 28.0 Å². The first-order valence-electron chi connectivity index (χ1n) is 15.7. The number of amides is 1. The maximum absolute atomic E-state index is 13.7. The number of carbonyl (C=O) groups is 2. The SMILES string of the molecule is CC(Oc1ccc(-c2nc3cc(C(=O)O)ccc3n2C2CCCCC2)cc1)c1sc(COCC(=O)N(C)C)nc1-c1ccc(F)cc1. The van der Waals surface area contributed by atoms with Crippen LogP contribution in [0, 0.1) is 5.82 Å². The van der Waals surface area contributed by atoms with Crippen LogP contribution in [0.3, 0.4) is 0 Å². The molecule has 6 rings (SSSR count). The fraction of sp³-hybridized carbons (Fsp3) is 0.333. The van der Waals surface area contributed by atoms with Crippen molar-refractivity contribution in [1.82, 2.24) is 19.4 Å². The van der Waals surface area contributed by atoms with Crippen LogP contribution < -0.4 is 4.74 Å². The third kappa shape index (κ3) is 7.21. The number of nitrogens with zero attached hydrogens (tertiary/aromatic N) is 4. The molecule has 0 bridgehead atoms. The van der Waals surface area contributed by atoms with E-state index in [1.54, 1.807) is 38.4 Å². The number of rotatable bonds is 11. The number of hydrogen-bond donors (Lipinski definition) is 1. The van der Waals surface area contributed by atoms with Gasteiger partial charge in [-0.25, -0.2) is 19.2 Å². The van der Waals surface area contributed by atoms with Crippen molar-refractivity contribution in [1.29, 1.82) is 0 Å². The Kier molecular flexibility index (Phi) is 9.65. The second-order valence-electron chi connectivity index (χ2n) is 12.0. The number of thiazole rings is 1. The van der Waals surface area contributed by atoms with Gasteiger partial charge in [-0.1, -0.05) is 19.3 Å². The molecule has 1 aliphatic carbocycles. The van der Waals surface area contributed by atoms with Gasteiger partial charge in [-0.2, -0.15) is 0 Å². The van der Waals surface area contributed by atoms with Crippen LogP contribution in [0.15, 0.2) is 66.7 Å². The normalized spacial score (nSPS) is 14.3. The molecule has 1 N–H and O–H groups in total. The van der Waals surface area contributed by atoms with E-state index >= 15 is 0 Å². The Labute approximate surface area is 276 Å². The van der Waals surface area contributed by atoms with Crippen LogP contribution in [0.1, 0.15) is 71.4 Å². The summed E-state index contributed by atoms with van der Waals surface area (Å²) in [5.74, 6) is 0.0222. The molecule has 2 heterocycles. The van der Waals surface area contributed by atoms with E-state index in [1.165, 1.54) is 34.8 Å². The van der Waals surface area contributed by atoms with Gasteiger partial charge >= 0.3 is 5.97 Å². The highest BCUT2D eigenvalue weighted by molar-refractivity contribution is 7.12. The van der Waals surface area contributed by atoms with Gasteiger partial charge in [0.2, 0.25) is 5.91 Å². The number of aromatic nitrogens is 3. The molecule has 1 aliphatic rings. The zero-order chi connectivity index (χ0) is 33.1. The predicted octanol–water partition coefficient (Wildman–Crippen LogP) is 7.91. The summed E-state index contributed by atoms with van der Waals surface area (Å²) in [5.41, 5.74) is 4.18. The van der Waals surface area contributed by atoms with E-state index in [2.05, 4.69) is 4.57 Å². The Bertz CT molecular complexity index is 1880. The fourth-order valence-corrected chi connectivity index (χ4v) is 6.98. The van der Waals surface area contributed by atoms with Crippen LogP contribution in [0.4, 0.5) is 4.39 Å². The summed E-state index contributed by atoms with van der Waals surface area (Å²) in [6.45, 7) is 2.05. The van der Waals surface area contributed by atoms with Crippen molar-refractivity contribution in [2.45, 2.75) is 57.8 Å². The van der Waals surface area contributed by atoms with Gasteiger partial charge in [0.15, 0.2) is 0 Å². The molecule has 47 heavy (non-hydrogen) atoms. The number of likely N-dealkylation sites (N-methyl/N-ethyl adjacent to an activating group) is 1. The number of benzene rings is 3. The molecule has 1 atom stereocenters. The zero-order valence-electron chi connectivity index (χ0n) is 26.6. The monoisotopic (exact) mass is 656 g/mol. The lowest BCUT2D eigenvalue weighted by Gasteiger charge is -2.25. The first kappa shape index (κ1) is 32.3. The van der Waals surface area contributed by atoms with Crippen LogP contribution in [-0.2, 0) is 16.1 Å². The van der Waals surface area contributed by atoms with Crippen molar-refractivity contribution in [3.63, 3.8) is 0 Å². The molecular weight excluding hydrogens is 619 g/mol. The number of fused-ring (bicyclic) bond motifs is 1. The Hall–Kier alpha value is -4.61. The zero-order valence-corrected chi connectivity index (χ0v) is 27.4.